The van der Waals surface area contributed by atoms with Gasteiger partial charge in [-0.15, -0.1) is 0 Å². The lowest BCUT2D eigenvalue weighted by molar-refractivity contribution is -0.120. The number of hydrogen-bond donors (Lipinski definition) is 3. The van der Waals surface area contributed by atoms with Crippen LogP contribution in [0.3, 0.4) is 0 Å². The first kappa shape index (κ1) is 9.80. The number of rotatable bonds is 5. The smallest absolute Gasteiger partial charge is 0.234 e. The van der Waals surface area contributed by atoms with E-state index in [0.717, 1.165) is 12.1 Å². The highest BCUT2D eigenvalue weighted by atomic mass is 16.1. The fourth-order valence-electron chi connectivity index (χ4n) is 0.970. The molecule has 1 aromatic rings. The third kappa shape index (κ3) is 3.75. The van der Waals surface area contributed by atoms with Gasteiger partial charge in [-0.1, -0.05) is 6.92 Å². The van der Waals surface area contributed by atoms with Gasteiger partial charge in [-0.2, -0.15) is 0 Å². The number of H-pyrrole nitrogens is 1. The molecule has 0 aliphatic rings. The van der Waals surface area contributed by atoms with Crippen molar-refractivity contribution in [1.82, 2.24) is 15.6 Å². The largest absolute Gasteiger partial charge is 0.367 e. The van der Waals surface area contributed by atoms with Crippen LogP contribution in [0.4, 0.5) is 0 Å². The van der Waals surface area contributed by atoms with Gasteiger partial charge in [-0.05, 0) is 18.2 Å². The second kappa shape index (κ2) is 5.37. The highest BCUT2D eigenvalue weighted by molar-refractivity contribution is 5.77. The lowest BCUT2D eigenvalue weighted by atomic mass is 10.3. The summed E-state index contributed by atoms with van der Waals surface area (Å²) in [6.45, 7) is 3.77. The Morgan fingerprint density at radius 3 is 3.08 bits per heavy atom. The molecule has 13 heavy (non-hydrogen) atoms. The van der Waals surface area contributed by atoms with Gasteiger partial charge in [0.1, 0.15) is 0 Å². The van der Waals surface area contributed by atoms with Crippen LogP contribution in [0.1, 0.15) is 12.5 Å². The van der Waals surface area contributed by atoms with E-state index >= 15 is 0 Å². The number of aromatic nitrogens is 1. The van der Waals surface area contributed by atoms with Gasteiger partial charge in [0.05, 0.1) is 6.54 Å². The minimum atomic E-state index is 0.0306. The maximum atomic E-state index is 11.1. The van der Waals surface area contributed by atoms with Gasteiger partial charge in [0.25, 0.3) is 0 Å². The molecule has 0 aromatic carbocycles. The molecule has 0 saturated heterocycles. The van der Waals surface area contributed by atoms with E-state index < -0.39 is 0 Å². The molecule has 0 saturated carbocycles. The van der Waals surface area contributed by atoms with Crippen molar-refractivity contribution in [2.45, 2.75) is 13.5 Å². The van der Waals surface area contributed by atoms with Crippen LogP contribution in [0.5, 0.6) is 0 Å². The molecule has 0 aliphatic heterocycles. The van der Waals surface area contributed by atoms with Crippen molar-refractivity contribution < 1.29 is 4.79 Å². The zero-order chi connectivity index (χ0) is 9.52. The summed E-state index contributed by atoms with van der Waals surface area (Å²) in [7, 11) is 0. The Morgan fingerprint density at radius 2 is 2.46 bits per heavy atom. The molecule has 1 amide bonds. The monoisotopic (exact) mass is 181 g/mol. The van der Waals surface area contributed by atoms with Gasteiger partial charge in [0.15, 0.2) is 0 Å². The van der Waals surface area contributed by atoms with E-state index in [1.54, 1.807) is 0 Å². The maximum absolute atomic E-state index is 11.1. The van der Waals surface area contributed by atoms with Crippen LogP contribution in [0, 0.1) is 0 Å². The van der Waals surface area contributed by atoms with Crippen molar-refractivity contribution in [3.8, 4) is 0 Å². The normalized spacial score (nSPS) is 9.92. The van der Waals surface area contributed by atoms with Crippen molar-refractivity contribution in [2.75, 3.05) is 13.1 Å². The Bertz CT molecular complexity index is 243. The van der Waals surface area contributed by atoms with Gasteiger partial charge in [-0.3, -0.25) is 4.79 Å². The Hall–Kier alpha value is -1.29. The molecule has 4 nitrogen and oxygen atoms in total. The number of nitrogens with one attached hydrogen (secondary N) is 3. The molecule has 0 fully saturated rings. The predicted octanol–water partition coefficient (Wildman–Crippen LogP) is 0.240. The molecule has 4 heteroatoms. The van der Waals surface area contributed by atoms with Gasteiger partial charge in [0, 0.05) is 18.9 Å². The van der Waals surface area contributed by atoms with Crippen LogP contribution >= 0.6 is 0 Å². The minimum Gasteiger partial charge on any atom is -0.367 e. The first-order valence-electron chi connectivity index (χ1n) is 4.42. The predicted molar refractivity (Wildman–Crippen MR) is 51.2 cm³/mol. The molecule has 72 valence electrons. The van der Waals surface area contributed by atoms with Gasteiger partial charge < -0.3 is 15.6 Å². The molecule has 0 unspecified atom stereocenters. The summed E-state index contributed by atoms with van der Waals surface area (Å²) < 4.78 is 0. The highest BCUT2D eigenvalue weighted by Gasteiger charge is 1.98. The highest BCUT2D eigenvalue weighted by Crippen LogP contribution is 1.94. The average molecular weight is 181 g/mol. The fourth-order valence-corrected chi connectivity index (χ4v) is 0.970. The zero-order valence-electron chi connectivity index (χ0n) is 7.76. The average Bonchev–Trinajstić information content (AvgIpc) is 2.64. The van der Waals surface area contributed by atoms with E-state index in [1.807, 2.05) is 25.4 Å². The summed E-state index contributed by atoms with van der Waals surface area (Å²) >= 11 is 0. The Kier molecular flexibility index (Phi) is 4.05. The molecule has 0 aliphatic carbocycles. The summed E-state index contributed by atoms with van der Waals surface area (Å²) in [5, 5.41) is 5.76. The lowest BCUT2D eigenvalue weighted by Gasteiger charge is -2.03. The van der Waals surface area contributed by atoms with Crippen LogP contribution in [-0.4, -0.2) is 24.0 Å². The third-order valence-corrected chi connectivity index (χ3v) is 1.69. The first-order valence-corrected chi connectivity index (χ1v) is 4.42. The number of aromatic amines is 1. The second-order valence-electron chi connectivity index (χ2n) is 2.78. The summed E-state index contributed by atoms with van der Waals surface area (Å²) in [5.74, 6) is 0.0306. The van der Waals surface area contributed by atoms with E-state index in [4.69, 9.17) is 0 Å². The van der Waals surface area contributed by atoms with Crippen molar-refractivity contribution in [3.05, 3.63) is 24.0 Å². The number of carbonyl (C=O) groups excluding carboxylic acids is 1. The summed E-state index contributed by atoms with van der Waals surface area (Å²) in [6.07, 6.45) is 3.71. The molecular weight excluding hydrogens is 166 g/mol. The Labute approximate surface area is 77.7 Å². The maximum Gasteiger partial charge on any atom is 0.234 e. The first-order chi connectivity index (χ1) is 6.33. The van der Waals surface area contributed by atoms with Crippen LogP contribution in [0.25, 0.3) is 0 Å². The number of hydrogen-bond acceptors (Lipinski definition) is 2. The second-order valence-corrected chi connectivity index (χ2v) is 2.78. The quantitative estimate of drug-likeness (QED) is 0.609. The third-order valence-electron chi connectivity index (χ3n) is 1.69. The van der Waals surface area contributed by atoms with E-state index in [2.05, 4.69) is 15.6 Å². The number of amides is 1. The summed E-state index contributed by atoms with van der Waals surface area (Å²) in [4.78, 5) is 14.0. The van der Waals surface area contributed by atoms with E-state index in [0.29, 0.717) is 13.1 Å². The Morgan fingerprint density at radius 1 is 1.62 bits per heavy atom. The van der Waals surface area contributed by atoms with Crippen LogP contribution < -0.4 is 10.6 Å². The van der Waals surface area contributed by atoms with Crippen LogP contribution in [-0.2, 0) is 11.3 Å². The van der Waals surface area contributed by atoms with Crippen molar-refractivity contribution in [3.63, 3.8) is 0 Å². The van der Waals surface area contributed by atoms with Gasteiger partial charge in [0.2, 0.25) is 5.91 Å². The summed E-state index contributed by atoms with van der Waals surface area (Å²) in [5.41, 5.74) is 1.09. The Balaban J connectivity index is 2.15. The summed E-state index contributed by atoms with van der Waals surface area (Å²) in [6, 6.07) is 1.94. The van der Waals surface area contributed by atoms with Gasteiger partial charge in [-0.25, -0.2) is 0 Å². The molecule has 1 rings (SSSR count). The van der Waals surface area contributed by atoms with Crippen molar-refractivity contribution >= 4 is 5.91 Å². The molecule has 1 heterocycles. The van der Waals surface area contributed by atoms with Gasteiger partial charge >= 0.3 is 0 Å². The molecular formula is C9H15N3O. The molecule has 0 atom stereocenters. The molecule has 0 bridgehead atoms. The topological polar surface area (TPSA) is 56.9 Å². The van der Waals surface area contributed by atoms with E-state index in [1.165, 1.54) is 0 Å². The fraction of sp³-hybridized carbons (Fsp3) is 0.444. The van der Waals surface area contributed by atoms with Crippen LogP contribution in [0.15, 0.2) is 18.5 Å². The zero-order valence-corrected chi connectivity index (χ0v) is 7.76. The number of carbonyl (C=O) groups is 1. The standard InChI is InChI=1S/C9H15N3O/c1-2-10-7-9(13)12-6-8-3-4-11-5-8/h3-5,10-11H,2,6-7H2,1H3,(H,12,13). The van der Waals surface area contributed by atoms with Crippen molar-refractivity contribution in [2.24, 2.45) is 0 Å². The SMILES string of the molecule is CCNCC(=O)NCc1cc[nH]c1. The van der Waals surface area contributed by atoms with Crippen LogP contribution in [0.2, 0.25) is 0 Å². The minimum absolute atomic E-state index is 0.0306. The molecule has 1 aromatic heterocycles. The molecule has 0 radical (unpaired) electrons. The number of likely N-dealkylation sites (N-methyl/N-ethyl adjacent to an activating group) is 1. The molecule has 0 spiro atoms. The van der Waals surface area contributed by atoms with E-state index in [9.17, 15) is 4.79 Å². The molecule has 3 N–H and O–H groups in total. The van der Waals surface area contributed by atoms with E-state index in [-0.39, 0.29) is 5.91 Å². The van der Waals surface area contributed by atoms with Crippen molar-refractivity contribution in [1.29, 1.82) is 0 Å². The lowest BCUT2D eigenvalue weighted by Crippen LogP contribution is -2.33.